The van der Waals surface area contributed by atoms with Gasteiger partial charge in [-0.15, -0.1) is 0 Å². The van der Waals surface area contributed by atoms with Gasteiger partial charge in [0.25, 0.3) is 0 Å². The lowest BCUT2D eigenvalue weighted by atomic mass is 9.94. The van der Waals surface area contributed by atoms with Gasteiger partial charge in [0.15, 0.2) is 5.92 Å². The predicted octanol–water partition coefficient (Wildman–Crippen LogP) is 4.17. The van der Waals surface area contributed by atoms with Crippen LogP contribution in [0.15, 0.2) is 30.3 Å². The number of carboxylic acids is 1. The predicted molar refractivity (Wildman–Crippen MR) is 98.3 cm³/mol. The molecule has 0 aliphatic carbocycles. The van der Waals surface area contributed by atoms with Gasteiger partial charge in [-0.3, -0.25) is 9.59 Å². The molecule has 5 heteroatoms. The highest BCUT2D eigenvalue weighted by Crippen LogP contribution is 2.35. The van der Waals surface area contributed by atoms with Gasteiger partial charge in [-0.05, 0) is 58.8 Å². The fourth-order valence-corrected chi connectivity index (χ4v) is 3.56. The van der Waals surface area contributed by atoms with E-state index in [-0.39, 0.29) is 0 Å². The van der Waals surface area contributed by atoms with Gasteiger partial charge >= 0.3 is 11.9 Å². The summed E-state index contributed by atoms with van der Waals surface area (Å²) < 4.78 is 4.56. The van der Waals surface area contributed by atoms with Crippen molar-refractivity contribution in [1.82, 2.24) is 0 Å². The maximum Gasteiger partial charge on any atom is 0.322 e. The first-order valence-corrected chi connectivity index (χ1v) is 9.15. The number of aryl methyl sites for hydroxylation is 1. The van der Waals surface area contributed by atoms with Crippen LogP contribution in [0.5, 0.6) is 0 Å². The van der Waals surface area contributed by atoms with Crippen molar-refractivity contribution in [3.63, 3.8) is 0 Å². The largest absolute Gasteiger partial charge is 0.481 e. The van der Waals surface area contributed by atoms with E-state index in [0.29, 0.717) is 0 Å². The first-order valence-electron chi connectivity index (χ1n) is 8.16. The highest BCUT2D eigenvalue weighted by Gasteiger charge is 2.43. The Morgan fingerprint density at radius 1 is 1.12 bits per heavy atom. The third kappa shape index (κ3) is 6.95. The summed E-state index contributed by atoms with van der Waals surface area (Å²) in [7, 11) is 0. The molecule has 0 radical (unpaired) electrons. The standard InChI is InChI=1S/C19H28O4S/c1-18(2,3)23-17(22)15(16(20)21)19(4,5)24-13-9-12-14-10-7-6-8-11-14/h6-8,10-11,15H,9,12-13H2,1-5H3,(H,20,21). The molecule has 1 rings (SSSR count). The lowest BCUT2D eigenvalue weighted by Crippen LogP contribution is -2.43. The second-order valence-corrected chi connectivity index (χ2v) is 9.09. The molecule has 1 atom stereocenters. The van der Waals surface area contributed by atoms with Crippen LogP contribution in [0.4, 0.5) is 0 Å². The average molecular weight is 352 g/mol. The normalized spacial score (nSPS) is 13.4. The van der Waals surface area contributed by atoms with Crippen molar-refractivity contribution in [2.45, 2.75) is 57.8 Å². The Kier molecular flexibility index (Phi) is 7.33. The summed E-state index contributed by atoms with van der Waals surface area (Å²) in [6.07, 6.45) is 1.87. The molecule has 0 aliphatic rings. The first kappa shape index (κ1) is 20.6. The number of aliphatic carboxylic acids is 1. The zero-order valence-corrected chi connectivity index (χ0v) is 16.0. The zero-order chi connectivity index (χ0) is 18.4. The number of benzene rings is 1. The maximum absolute atomic E-state index is 12.3. The van der Waals surface area contributed by atoms with E-state index in [1.165, 1.54) is 17.3 Å². The number of hydrogen-bond acceptors (Lipinski definition) is 4. The van der Waals surface area contributed by atoms with E-state index < -0.39 is 28.2 Å². The summed E-state index contributed by atoms with van der Waals surface area (Å²) in [5.74, 6) is -2.20. The van der Waals surface area contributed by atoms with Gasteiger partial charge in [-0.2, -0.15) is 11.8 Å². The molecule has 0 bridgehead atoms. The number of carbonyl (C=O) groups excluding carboxylic acids is 1. The minimum atomic E-state index is -1.18. The van der Waals surface area contributed by atoms with Crippen LogP contribution < -0.4 is 0 Å². The van der Waals surface area contributed by atoms with Crippen LogP contribution in [-0.2, 0) is 20.7 Å². The van der Waals surface area contributed by atoms with Crippen LogP contribution in [0.1, 0.15) is 46.6 Å². The molecule has 1 unspecified atom stereocenters. The third-order valence-electron chi connectivity index (χ3n) is 3.51. The molecule has 0 aliphatic heterocycles. The number of thioether (sulfide) groups is 1. The van der Waals surface area contributed by atoms with Gasteiger partial charge in [0.1, 0.15) is 5.60 Å². The molecular formula is C19H28O4S. The second-order valence-electron chi connectivity index (χ2n) is 7.35. The number of hydrogen-bond donors (Lipinski definition) is 1. The lowest BCUT2D eigenvalue weighted by Gasteiger charge is -2.31. The molecule has 0 spiro atoms. The fourth-order valence-electron chi connectivity index (χ4n) is 2.38. The van der Waals surface area contributed by atoms with Crippen LogP contribution in [0.2, 0.25) is 0 Å². The van der Waals surface area contributed by atoms with E-state index in [9.17, 15) is 14.7 Å². The summed E-state index contributed by atoms with van der Waals surface area (Å²) in [4.78, 5) is 23.9. The monoisotopic (exact) mass is 352 g/mol. The van der Waals surface area contributed by atoms with Crippen LogP contribution in [0, 0.1) is 5.92 Å². The van der Waals surface area contributed by atoms with Crippen molar-refractivity contribution in [1.29, 1.82) is 0 Å². The van der Waals surface area contributed by atoms with E-state index in [0.717, 1.165) is 18.6 Å². The van der Waals surface area contributed by atoms with Gasteiger partial charge in [-0.1, -0.05) is 30.3 Å². The van der Waals surface area contributed by atoms with Crippen molar-refractivity contribution < 1.29 is 19.4 Å². The molecule has 0 saturated heterocycles. The third-order valence-corrected chi connectivity index (χ3v) is 4.98. The number of carboxylic acid groups (broad SMARTS) is 1. The van der Waals surface area contributed by atoms with Gasteiger partial charge in [0, 0.05) is 4.75 Å². The average Bonchev–Trinajstić information content (AvgIpc) is 2.42. The highest BCUT2D eigenvalue weighted by molar-refractivity contribution is 8.00. The summed E-state index contributed by atoms with van der Waals surface area (Å²) in [5, 5.41) is 9.50. The topological polar surface area (TPSA) is 63.6 Å². The Morgan fingerprint density at radius 3 is 2.21 bits per heavy atom. The van der Waals surface area contributed by atoms with Gasteiger partial charge in [-0.25, -0.2) is 0 Å². The van der Waals surface area contributed by atoms with Crippen molar-refractivity contribution >= 4 is 23.7 Å². The Balaban J connectivity index is 2.61. The minimum absolute atomic E-state index is 0.671. The number of esters is 1. The molecular weight excluding hydrogens is 324 g/mol. The molecule has 4 nitrogen and oxygen atoms in total. The molecule has 1 aromatic rings. The summed E-state index contributed by atoms with van der Waals surface area (Å²) in [6.45, 7) is 8.81. The summed E-state index contributed by atoms with van der Waals surface area (Å²) in [5.41, 5.74) is 0.566. The van der Waals surface area contributed by atoms with Crippen LogP contribution in [-0.4, -0.2) is 33.1 Å². The van der Waals surface area contributed by atoms with E-state index in [2.05, 4.69) is 12.1 Å². The van der Waals surface area contributed by atoms with Crippen LogP contribution in [0.25, 0.3) is 0 Å². The smallest absolute Gasteiger partial charge is 0.322 e. The molecule has 0 heterocycles. The van der Waals surface area contributed by atoms with E-state index >= 15 is 0 Å². The van der Waals surface area contributed by atoms with E-state index in [4.69, 9.17) is 4.74 Å². The fraction of sp³-hybridized carbons (Fsp3) is 0.579. The molecule has 0 aromatic heterocycles. The van der Waals surface area contributed by atoms with Crippen molar-refractivity contribution in [3.8, 4) is 0 Å². The molecule has 0 saturated carbocycles. The first-order chi connectivity index (χ1) is 11.0. The van der Waals surface area contributed by atoms with Crippen LogP contribution in [0.3, 0.4) is 0 Å². The molecule has 0 fully saturated rings. The Hall–Kier alpha value is -1.49. The summed E-state index contributed by atoms with van der Waals surface area (Å²) >= 11 is 1.51. The highest BCUT2D eigenvalue weighted by atomic mass is 32.2. The Morgan fingerprint density at radius 2 is 1.71 bits per heavy atom. The van der Waals surface area contributed by atoms with E-state index in [1.807, 2.05) is 18.2 Å². The summed E-state index contributed by atoms with van der Waals surface area (Å²) in [6, 6.07) is 10.2. The van der Waals surface area contributed by atoms with Gasteiger partial charge in [0.05, 0.1) is 0 Å². The number of carbonyl (C=O) groups is 2. The van der Waals surface area contributed by atoms with Crippen molar-refractivity contribution in [3.05, 3.63) is 35.9 Å². The second kappa shape index (κ2) is 8.56. The molecule has 1 N–H and O–H groups in total. The van der Waals surface area contributed by atoms with Gasteiger partial charge in [0.2, 0.25) is 0 Å². The quantitative estimate of drug-likeness (QED) is 0.432. The zero-order valence-electron chi connectivity index (χ0n) is 15.2. The van der Waals surface area contributed by atoms with Crippen molar-refractivity contribution in [2.75, 3.05) is 5.75 Å². The Labute approximate surface area is 149 Å². The molecule has 1 aromatic carbocycles. The molecule has 134 valence electrons. The SMILES string of the molecule is CC(C)(C)OC(=O)C(C(=O)O)C(C)(C)SCCCc1ccccc1. The number of ether oxygens (including phenoxy) is 1. The molecule has 24 heavy (non-hydrogen) atoms. The number of rotatable bonds is 8. The lowest BCUT2D eigenvalue weighted by molar-refractivity contribution is -0.167. The minimum Gasteiger partial charge on any atom is -0.481 e. The maximum atomic E-state index is 12.3. The van der Waals surface area contributed by atoms with Crippen LogP contribution >= 0.6 is 11.8 Å². The Bertz CT molecular complexity index is 546. The van der Waals surface area contributed by atoms with Gasteiger partial charge < -0.3 is 9.84 Å². The van der Waals surface area contributed by atoms with Crippen molar-refractivity contribution in [2.24, 2.45) is 5.92 Å². The van der Waals surface area contributed by atoms with E-state index in [1.54, 1.807) is 34.6 Å². The molecule has 0 amide bonds.